The van der Waals surface area contributed by atoms with Crippen LogP contribution in [0.1, 0.15) is 26.2 Å². The fraction of sp³-hybridized carbons (Fsp3) is 0.500. The van der Waals surface area contributed by atoms with Gasteiger partial charge in [-0.05, 0) is 13.8 Å². The quantitative estimate of drug-likeness (QED) is 0.822. The van der Waals surface area contributed by atoms with Gasteiger partial charge in [-0.15, -0.1) is 11.3 Å². The minimum absolute atomic E-state index is 0.00437. The molecule has 0 unspecified atom stereocenters. The maximum Gasteiger partial charge on any atom is 0.343 e. The summed E-state index contributed by atoms with van der Waals surface area (Å²) >= 11 is 1.42. The first-order valence-corrected chi connectivity index (χ1v) is 7.25. The van der Waals surface area contributed by atoms with E-state index in [0.717, 1.165) is 10.7 Å². The zero-order valence-corrected chi connectivity index (χ0v) is 12.2. The number of thiazole rings is 1. The number of rotatable bonds is 1. The van der Waals surface area contributed by atoms with Crippen LogP contribution in [0.2, 0.25) is 0 Å². The second-order valence-corrected chi connectivity index (χ2v) is 5.99. The standard InChI is InChI=1S/C12H15N5O2S/c1-7-10(20-8(2)13-7)11(18)16-4-3-9-14-15-12(19)17(9)6-5-16/h3-6H2,1-2H3,(H,15,19). The molecule has 3 heterocycles. The summed E-state index contributed by atoms with van der Waals surface area (Å²) in [4.78, 5) is 30.8. The van der Waals surface area contributed by atoms with Gasteiger partial charge in [0, 0.05) is 26.1 Å². The Kier molecular flexibility index (Phi) is 3.17. The van der Waals surface area contributed by atoms with Crippen molar-refractivity contribution in [1.82, 2.24) is 24.6 Å². The first-order valence-electron chi connectivity index (χ1n) is 6.43. The van der Waals surface area contributed by atoms with Gasteiger partial charge in [-0.25, -0.2) is 14.9 Å². The third kappa shape index (κ3) is 2.15. The van der Waals surface area contributed by atoms with E-state index in [1.165, 1.54) is 11.3 Å². The minimum Gasteiger partial charge on any atom is -0.336 e. The maximum atomic E-state index is 12.5. The van der Waals surface area contributed by atoms with Crippen molar-refractivity contribution in [2.24, 2.45) is 0 Å². The highest BCUT2D eigenvalue weighted by molar-refractivity contribution is 7.13. The van der Waals surface area contributed by atoms with Gasteiger partial charge < -0.3 is 4.90 Å². The number of nitrogens with one attached hydrogen (secondary N) is 1. The molecule has 20 heavy (non-hydrogen) atoms. The lowest BCUT2D eigenvalue weighted by molar-refractivity contribution is 0.0762. The second kappa shape index (κ2) is 4.86. The molecule has 0 saturated carbocycles. The monoisotopic (exact) mass is 293 g/mol. The van der Waals surface area contributed by atoms with E-state index in [1.807, 2.05) is 13.8 Å². The molecule has 1 aliphatic heterocycles. The lowest BCUT2D eigenvalue weighted by Crippen LogP contribution is -2.34. The number of H-pyrrole nitrogens is 1. The van der Waals surface area contributed by atoms with Crippen molar-refractivity contribution in [2.45, 2.75) is 26.8 Å². The largest absolute Gasteiger partial charge is 0.343 e. The van der Waals surface area contributed by atoms with Gasteiger partial charge in [0.15, 0.2) is 0 Å². The van der Waals surface area contributed by atoms with Gasteiger partial charge in [0.1, 0.15) is 10.7 Å². The summed E-state index contributed by atoms with van der Waals surface area (Å²) < 4.78 is 1.60. The number of amides is 1. The summed E-state index contributed by atoms with van der Waals surface area (Å²) in [5, 5.41) is 7.32. The van der Waals surface area contributed by atoms with E-state index in [9.17, 15) is 9.59 Å². The second-order valence-electron chi connectivity index (χ2n) is 4.79. The Bertz CT molecular complexity index is 714. The van der Waals surface area contributed by atoms with Crippen molar-refractivity contribution in [1.29, 1.82) is 0 Å². The molecule has 1 N–H and O–H groups in total. The SMILES string of the molecule is Cc1nc(C)c(C(=O)N2CCc3n[nH]c(=O)n3CC2)s1. The molecule has 0 saturated heterocycles. The molecule has 106 valence electrons. The fourth-order valence-corrected chi connectivity index (χ4v) is 3.30. The third-order valence-corrected chi connectivity index (χ3v) is 4.48. The number of carbonyl (C=O) groups excluding carboxylic acids is 1. The minimum atomic E-state index is -0.209. The van der Waals surface area contributed by atoms with E-state index in [2.05, 4.69) is 15.2 Å². The van der Waals surface area contributed by atoms with Gasteiger partial charge in [-0.2, -0.15) is 5.10 Å². The van der Waals surface area contributed by atoms with Crippen LogP contribution in [0, 0.1) is 13.8 Å². The molecule has 1 amide bonds. The van der Waals surface area contributed by atoms with Gasteiger partial charge in [-0.1, -0.05) is 0 Å². The maximum absolute atomic E-state index is 12.5. The average molecular weight is 293 g/mol. The number of aromatic amines is 1. The molecular formula is C12H15N5O2S. The van der Waals surface area contributed by atoms with E-state index >= 15 is 0 Å². The molecule has 0 radical (unpaired) electrons. The van der Waals surface area contributed by atoms with Gasteiger partial charge >= 0.3 is 5.69 Å². The fourth-order valence-electron chi connectivity index (χ4n) is 2.42. The van der Waals surface area contributed by atoms with E-state index in [1.54, 1.807) is 9.47 Å². The summed E-state index contributed by atoms with van der Waals surface area (Å²) in [5.74, 6) is 0.706. The van der Waals surface area contributed by atoms with Gasteiger partial charge in [0.05, 0.1) is 10.7 Å². The highest BCUT2D eigenvalue weighted by Crippen LogP contribution is 2.20. The lowest BCUT2D eigenvalue weighted by Gasteiger charge is -2.19. The molecule has 7 nitrogen and oxygen atoms in total. The Morgan fingerprint density at radius 1 is 1.30 bits per heavy atom. The molecule has 2 aromatic heterocycles. The predicted molar refractivity (Wildman–Crippen MR) is 74.0 cm³/mol. The number of hydrogen-bond acceptors (Lipinski definition) is 5. The van der Waals surface area contributed by atoms with Crippen LogP contribution in [0.4, 0.5) is 0 Å². The van der Waals surface area contributed by atoms with Gasteiger partial charge in [0.25, 0.3) is 5.91 Å². The molecule has 0 aliphatic carbocycles. The number of hydrogen-bond donors (Lipinski definition) is 1. The molecule has 2 aromatic rings. The molecule has 0 spiro atoms. The number of nitrogens with zero attached hydrogens (tertiary/aromatic N) is 4. The number of aryl methyl sites for hydroxylation is 2. The zero-order valence-electron chi connectivity index (χ0n) is 11.3. The van der Waals surface area contributed by atoms with Crippen LogP contribution >= 0.6 is 11.3 Å². The molecule has 8 heteroatoms. The van der Waals surface area contributed by atoms with Gasteiger partial charge in [-0.3, -0.25) is 9.36 Å². The van der Waals surface area contributed by atoms with E-state index < -0.39 is 0 Å². The van der Waals surface area contributed by atoms with Crippen LogP contribution in [0.15, 0.2) is 4.79 Å². The van der Waals surface area contributed by atoms with Crippen LogP contribution in [0.5, 0.6) is 0 Å². The summed E-state index contributed by atoms with van der Waals surface area (Å²) in [5.41, 5.74) is 0.566. The first-order chi connectivity index (χ1) is 9.56. The van der Waals surface area contributed by atoms with Crippen LogP contribution < -0.4 is 5.69 Å². The van der Waals surface area contributed by atoms with Crippen molar-refractivity contribution in [3.05, 3.63) is 31.9 Å². The van der Waals surface area contributed by atoms with Crippen molar-refractivity contribution in [3.63, 3.8) is 0 Å². The summed E-state index contributed by atoms with van der Waals surface area (Å²) in [6.07, 6.45) is 0.585. The van der Waals surface area contributed by atoms with Gasteiger partial charge in [0.2, 0.25) is 0 Å². The molecule has 0 aromatic carbocycles. The van der Waals surface area contributed by atoms with Crippen LogP contribution in [0.3, 0.4) is 0 Å². The van der Waals surface area contributed by atoms with Crippen molar-refractivity contribution < 1.29 is 4.79 Å². The van der Waals surface area contributed by atoms with Crippen LogP contribution in [0.25, 0.3) is 0 Å². The topological polar surface area (TPSA) is 83.9 Å². The lowest BCUT2D eigenvalue weighted by atomic mass is 10.3. The van der Waals surface area contributed by atoms with Crippen molar-refractivity contribution >= 4 is 17.2 Å². The highest BCUT2D eigenvalue weighted by Gasteiger charge is 2.24. The van der Waals surface area contributed by atoms with E-state index in [4.69, 9.17) is 0 Å². The Labute approximate surface area is 119 Å². The summed E-state index contributed by atoms with van der Waals surface area (Å²) in [6.45, 7) is 5.31. The Morgan fingerprint density at radius 3 is 2.80 bits per heavy atom. The predicted octanol–water partition coefficient (Wildman–Crippen LogP) is 0.343. The number of carbonyl (C=O) groups is 1. The highest BCUT2D eigenvalue weighted by atomic mass is 32.1. The third-order valence-electron chi connectivity index (χ3n) is 3.42. The molecule has 1 aliphatic rings. The van der Waals surface area contributed by atoms with Crippen LogP contribution in [-0.4, -0.2) is 43.6 Å². The van der Waals surface area contributed by atoms with Crippen molar-refractivity contribution in [2.75, 3.05) is 13.1 Å². The number of aromatic nitrogens is 4. The smallest absolute Gasteiger partial charge is 0.336 e. The van der Waals surface area contributed by atoms with E-state index in [0.29, 0.717) is 36.8 Å². The first kappa shape index (κ1) is 13.0. The van der Waals surface area contributed by atoms with Crippen LogP contribution in [-0.2, 0) is 13.0 Å². The van der Waals surface area contributed by atoms with E-state index in [-0.39, 0.29) is 11.6 Å². The molecule has 0 fully saturated rings. The molecule has 0 atom stereocenters. The Balaban J connectivity index is 1.81. The molecule has 0 bridgehead atoms. The summed E-state index contributed by atoms with van der Waals surface area (Å²) in [7, 11) is 0. The molecule has 3 rings (SSSR count). The molecular weight excluding hydrogens is 278 g/mol. The van der Waals surface area contributed by atoms with Crippen molar-refractivity contribution in [3.8, 4) is 0 Å². The Hall–Kier alpha value is -1.96. The average Bonchev–Trinajstić information content (AvgIpc) is 2.84. The number of fused-ring (bicyclic) bond motifs is 1. The zero-order chi connectivity index (χ0) is 14.3. The Morgan fingerprint density at radius 2 is 2.10 bits per heavy atom. The normalized spacial score (nSPS) is 15.0. The summed E-state index contributed by atoms with van der Waals surface area (Å²) in [6, 6.07) is 0.